The average molecular weight is 412 g/mol. The lowest BCUT2D eigenvalue weighted by atomic mass is 10.1. The van der Waals surface area contributed by atoms with Crippen molar-refractivity contribution in [2.75, 3.05) is 0 Å². The summed E-state index contributed by atoms with van der Waals surface area (Å²) in [6, 6.07) is 18.3. The molecule has 0 amide bonds. The summed E-state index contributed by atoms with van der Waals surface area (Å²) >= 11 is 6.10. The molecular formula is C26H22ClN3. The highest BCUT2D eigenvalue weighted by Crippen LogP contribution is 2.21. The van der Waals surface area contributed by atoms with E-state index in [0.717, 1.165) is 57.8 Å². The lowest BCUT2D eigenvalue weighted by molar-refractivity contribution is 0.943. The fourth-order valence-corrected chi connectivity index (χ4v) is 4.05. The standard InChI is InChI=1S/C26H22ClN3/c1-18-23(15-19-9-5-6-10-19)29-26-24(16-20-7-3-2-4-8-20)28-25(17-30(18)26)21-11-13-22(27)14-12-21/h2-9,11-14,17,28H,1,10,15-16H2. The number of benzene rings is 2. The topological polar surface area (TPSA) is 29.9 Å². The molecule has 30 heavy (non-hydrogen) atoms. The Kier molecular flexibility index (Phi) is 4.89. The number of rotatable bonds is 5. The monoisotopic (exact) mass is 411 g/mol. The second-order valence-electron chi connectivity index (χ2n) is 7.65. The van der Waals surface area contributed by atoms with E-state index < -0.39 is 0 Å². The van der Waals surface area contributed by atoms with Gasteiger partial charge in [-0.05, 0) is 29.7 Å². The number of fused-ring (bicyclic) bond motifs is 1. The van der Waals surface area contributed by atoms with E-state index in [1.807, 2.05) is 30.3 Å². The van der Waals surface area contributed by atoms with Crippen LogP contribution in [0.25, 0.3) is 24.2 Å². The maximum absolute atomic E-state index is 6.10. The number of imidazole rings is 1. The summed E-state index contributed by atoms with van der Waals surface area (Å²) < 4.78 is 2.12. The van der Waals surface area contributed by atoms with E-state index in [-0.39, 0.29) is 0 Å². The molecule has 1 aliphatic heterocycles. The maximum atomic E-state index is 6.10. The fourth-order valence-electron chi connectivity index (χ4n) is 3.92. The molecule has 2 aliphatic rings. The predicted octanol–water partition coefficient (Wildman–Crippen LogP) is 4.29. The van der Waals surface area contributed by atoms with Gasteiger partial charge >= 0.3 is 0 Å². The molecule has 0 saturated heterocycles. The smallest absolute Gasteiger partial charge is 0.157 e. The Morgan fingerprint density at radius 3 is 2.57 bits per heavy atom. The molecule has 5 rings (SSSR count). The Balaban J connectivity index is 1.60. The van der Waals surface area contributed by atoms with Crippen molar-refractivity contribution in [1.29, 1.82) is 0 Å². The van der Waals surface area contributed by atoms with Gasteiger partial charge in [-0.2, -0.15) is 0 Å². The highest BCUT2D eigenvalue weighted by atomic mass is 35.5. The molecule has 1 aliphatic carbocycles. The summed E-state index contributed by atoms with van der Waals surface area (Å²) in [6.45, 7) is 4.37. The molecule has 148 valence electrons. The number of nitrogens with zero attached hydrogens (tertiary/aromatic N) is 2. The van der Waals surface area contributed by atoms with Crippen molar-refractivity contribution < 1.29 is 0 Å². The van der Waals surface area contributed by atoms with Gasteiger partial charge in [-0.3, -0.25) is 4.57 Å². The van der Waals surface area contributed by atoms with Crippen LogP contribution in [0.3, 0.4) is 0 Å². The van der Waals surface area contributed by atoms with Crippen LogP contribution >= 0.6 is 11.6 Å². The van der Waals surface area contributed by atoms with Crippen LogP contribution in [-0.4, -0.2) is 9.55 Å². The first-order chi connectivity index (χ1) is 14.7. The van der Waals surface area contributed by atoms with Crippen LogP contribution in [-0.2, 0) is 12.8 Å². The van der Waals surface area contributed by atoms with Crippen LogP contribution in [0.4, 0.5) is 0 Å². The summed E-state index contributed by atoms with van der Waals surface area (Å²) in [7, 11) is 0. The third-order valence-corrected chi connectivity index (χ3v) is 5.78. The average Bonchev–Trinajstić information content (AvgIpc) is 3.38. The Morgan fingerprint density at radius 1 is 1.03 bits per heavy atom. The predicted molar refractivity (Wildman–Crippen MR) is 125 cm³/mol. The number of aromatic nitrogens is 2. The molecule has 1 N–H and O–H groups in total. The Morgan fingerprint density at radius 2 is 1.83 bits per heavy atom. The molecule has 0 radical (unpaired) electrons. The Labute approximate surface area is 181 Å². The SMILES string of the molecule is C=c1c(CC2=CC=CC2)nc2n1C=C(c1ccc(Cl)cc1)NC=2Cc1ccccc1. The Bertz CT molecular complexity index is 1290. The zero-order valence-corrected chi connectivity index (χ0v) is 17.4. The van der Waals surface area contributed by atoms with E-state index in [9.17, 15) is 0 Å². The molecule has 0 saturated carbocycles. The summed E-state index contributed by atoms with van der Waals surface area (Å²) in [4.78, 5) is 5.00. The van der Waals surface area contributed by atoms with Gasteiger partial charge in [0.25, 0.3) is 0 Å². The van der Waals surface area contributed by atoms with Crippen molar-refractivity contribution in [3.8, 4) is 0 Å². The van der Waals surface area contributed by atoms with Crippen molar-refractivity contribution in [1.82, 2.24) is 14.9 Å². The number of hydrogen-bond donors (Lipinski definition) is 1. The minimum Gasteiger partial charge on any atom is -0.354 e. The van der Waals surface area contributed by atoms with Gasteiger partial charge in [-0.1, -0.05) is 84.4 Å². The number of allylic oxidation sites excluding steroid dienone is 4. The Hall–Kier alpha value is -3.30. The normalized spacial score (nSPS) is 14.9. The van der Waals surface area contributed by atoms with Gasteiger partial charge in [-0.15, -0.1) is 0 Å². The molecule has 2 heterocycles. The number of halogens is 1. The van der Waals surface area contributed by atoms with Gasteiger partial charge in [0.15, 0.2) is 5.48 Å². The summed E-state index contributed by atoms with van der Waals surface area (Å²) in [5.74, 6) is 0. The van der Waals surface area contributed by atoms with E-state index in [0.29, 0.717) is 0 Å². The van der Waals surface area contributed by atoms with E-state index in [2.05, 4.69) is 65.2 Å². The molecule has 0 spiro atoms. The first-order valence-corrected chi connectivity index (χ1v) is 10.5. The number of nitrogens with one attached hydrogen (secondary N) is 1. The van der Waals surface area contributed by atoms with Gasteiger partial charge in [0.2, 0.25) is 0 Å². The van der Waals surface area contributed by atoms with Gasteiger partial charge in [0.1, 0.15) is 0 Å². The second kappa shape index (κ2) is 7.85. The molecule has 2 aromatic carbocycles. The first kappa shape index (κ1) is 18.7. The highest BCUT2D eigenvalue weighted by Gasteiger charge is 2.18. The van der Waals surface area contributed by atoms with E-state index in [1.165, 1.54) is 11.1 Å². The zero-order valence-electron chi connectivity index (χ0n) is 16.6. The van der Waals surface area contributed by atoms with Gasteiger partial charge < -0.3 is 5.32 Å². The molecule has 4 heteroatoms. The first-order valence-electron chi connectivity index (χ1n) is 10.1. The molecule has 3 aromatic rings. The fraction of sp³-hybridized carbons (Fsp3) is 0.115. The van der Waals surface area contributed by atoms with Crippen LogP contribution in [0.5, 0.6) is 0 Å². The van der Waals surface area contributed by atoms with Gasteiger partial charge in [-0.25, -0.2) is 4.98 Å². The van der Waals surface area contributed by atoms with E-state index in [1.54, 1.807) is 0 Å². The third kappa shape index (κ3) is 3.64. The van der Waals surface area contributed by atoms with Crippen LogP contribution in [0.15, 0.2) is 78.4 Å². The highest BCUT2D eigenvalue weighted by molar-refractivity contribution is 6.30. The number of hydrogen-bond acceptors (Lipinski definition) is 2. The lowest BCUT2D eigenvalue weighted by Gasteiger charge is -2.19. The molecule has 3 nitrogen and oxygen atoms in total. The van der Waals surface area contributed by atoms with Gasteiger partial charge in [0, 0.05) is 24.1 Å². The zero-order chi connectivity index (χ0) is 20.5. The maximum Gasteiger partial charge on any atom is 0.157 e. The van der Waals surface area contributed by atoms with Crippen molar-refractivity contribution in [3.05, 3.63) is 111 Å². The minimum absolute atomic E-state index is 0.727. The lowest BCUT2D eigenvalue weighted by Crippen LogP contribution is -2.35. The quantitative estimate of drug-likeness (QED) is 0.679. The van der Waals surface area contributed by atoms with Gasteiger partial charge in [0.05, 0.1) is 22.4 Å². The third-order valence-electron chi connectivity index (χ3n) is 5.53. The molecule has 0 atom stereocenters. The second-order valence-corrected chi connectivity index (χ2v) is 8.08. The van der Waals surface area contributed by atoms with Crippen molar-refractivity contribution in [2.45, 2.75) is 19.3 Å². The largest absolute Gasteiger partial charge is 0.354 e. The molecule has 1 aromatic heterocycles. The van der Waals surface area contributed by atoms with Crippen molar-refractivity contribution in [3.63, 3.8) is 0 Å². The summed E-state index contributed by atoms with van der Waals surface area (Å²) in [6.07, 6.45) is 11.2. The van der Waals surface area contributed by atoms with E-state index >= 15 is 0 Å². The van der Waals surface area contributed by atoms with Crippen LogP contribution in [0, 0.1) is 0 Å². The molecule has 0 unspecified atom stereocenters. The van der Waals surface area contributed by atoms with Crippen LogP contribution in [0.2, 0.25) is 5.02 Å². The summed E-state index contributed by atoms with van der Waals surface area (Å²) in [5.41, 5.74) is 7.73. The molecular weight excluding hydrogens is 390 g/mol. The minimum atomic E-state index is 0.727. The van der Waals surface area contributed by atoms with Crippen molar-refractivity contribution in [2.24, 2.45) is 0 Å². The van der Waals surface area contributed by atoms with E-state index in [4.69, 9.17) is 16.6 Å². The van der Waals surface area contributed by atoms with Crippen LogP contribution < -0.4 is 16.1 Å². The molecule has 0 fully saturated rings. The summed E-state index contributed by atoms with van der Waals surface area (Å²) in [5, 5.41) is 5.29. The van der Waals surface area contributed by atoms with Crippen LogP contribution in [0.1, 0.15) is 23.2 Å². The molecule has 0 bridgehead atoms. The van der Waals surface area contributed by atoms with Crippen molar-refractivity contribution >= 4 is 35.8 Å².